The summed E-state index contributed by atoms with van der Waals surface area (Å²) in [4.78, 5) is 0. The van der Waals surface area contributed by atoms with Crippen LogP contribution in [-0.2, 0) is 4.74 Å². The lowest BCUT2D eigenvalue weighted by molar-refractivity contribution is 0.107. The van der Waals surface area contributed by atoms with E-state index >= 15 is 0 Å². The van der Waals surface area contributed by atoms with Crippen LogP contribution in [0.2, 0.25) is 0 Å². The summed E-state index contributed by atoms with van der Waals surface area (Å²) in [7, 11) is 1.51. The predicted molar refractivity (Wildman–Crippen MR) is 68.2 cm³/mol. The Kier molecular flexibility index (Phi) is 4.28. The molecule has 17 heavy (non-hydrogen) atoms. The van der Waals surface area contributed by atoms with Gasteiger partial charge in [-0.25, -0.2) is 4.39 Å². The molecule has 2 unspecified atom stereocenters. The fourth-order valence-corrected chi connectivity index (χ4v) is 2.70. The molecule has 1 aliphatic heterocycles. The van der Waals surface area contributed by atoms with Gasteiger partial charge in [-0.15, -0.1) is 11.6 Å². The van der Waals surface area contributed by atoms with Crippen LogP contribution in [0.5, 0.6) is 5.75 Å². The molecule has 0 aromatic heterocycles. The lowest BCUT2D eigenvalue weighted by Crippen LogP contribution is -2.13. The van der Waals surface area contributed by atoms with Gasteiger partial charge in [0.25, 0.3) is 0 Å². The fourth-order valence-electron chi connectivity index (χ4n) is 1.97. The van der Waals surface area contributed by atoms with Crippen molar-refractivity contribution in [2.24, 2.45) is 0 Å². The molecule has 1 aliphatic rings. The molecule has 0 N–H and O–H groups in total. The third-order valence-corrected chi connectivity index (χ3v) is 3.98. The number of halogens is 3. The number of alkyl halides is 1. The molecule has 0 saturated carbocycles. The van der Waals surface area contributed by atoms with E-state index in [1.54, 1.807) is 6.07 Å². The monoisotopic (exact) mass is 322 g/mol. The standard InChI is InChI=1S/C12H13BrClFO2/c1-16-11-6-9(15)8(13)5-7(11)12(14)10-3-2-4-17-10/h5-6,10,12H,2-4H2,1H3. The van der Waals surface area contributed by atoms with Crippen LogP contribution in [0, 0.1) is 5.82 Å². The van der Waals surface area contributed by atoms with Crippen molar-refractivity contribution in [3.05, 3.63) is 28.0 Å². The van der Waals surface area contributed by atoms with Crippen molar-refractivity contribution in [2.45, 2.75) is 24.3 Å². The number of rotatable bonds is 3. The van der Waals surface area contributed by atoms with E-state index in [9.17, 15) is 4.39 Å². The smallest absolute Gasteiger partial charge is 0.141 e. The Morgan fingerprint density at radius 2 is 2.35 bits per heavy atom. The number of ether oxygens (including phenoxy) is 2. The lowest BCUT2D eigenvalue weighted by Gasteiger charge is -2.19. The number of benzene rings is 1. The Balaban J connectivity index is 2.32. The van der Waals surface area contributed by atoms with Crippen molar-refractivity contribution in [3.8, 4) is 5.75 Å². The molecule has 5 heteroatoms. The Morgan fingerprint density at radius 1 is 1.59 bits per heavy atom. The summed E-state index contributed by atoms with van der Waals surface area (Å²) in [5, 5.41) is -0.315. The van der Waals surface area contributed by atoms with Gasteiger partial charge in [0.15, 0.2) is 0 Å². The van der Waals surface area contributed by atoms with E-state index in [-0.39, 0.29) is 17.3 Å². The second-order valence-electron chi connectivity index (χ2n) is 3.96. The van der Waals surface area contributed by atoms with E-state index in [1.165, 1.54) is 13.2 Å². The normalized spacial score (nSPS) is 21.5. The minimum atomic E-state index is -0.359. The van der Waals surface area contributed by atoms with Gasteiger partial charge in [0.1, 0.15) is 11.6 Å². The zero-order valence-corrected chi connectivity index (χ0v) is 11.7. The van der Waals surface area contributed by atoms with Crippen LogP contribution in [0.15, 0.2) is 16.6 Å². The minimum Gasteiger partial charge on any atom is -0.496 e. The average molecular weight is 324 g/mol. The third-order valence-electron chi connectivity index (χ3n) is 2.86. The summed E-state index contributed by atoms with van der Waals surface area (Å²) in [5.74, 6) is 0.100. The lowest BCUT2D eigenvalue weighted by atomic mass is 10.0. The summed E-state index contributed by atoms with van der Waals surface area (Å²) in [6, 6.07) is 3.00. The molecule has 1 aromatic carbocycles. The highest BCUT2D eigenvalue weighted by Crippen LogP contribution is 2.39. The molecule has 0 aliphatic carbocycles. The number of methoxy groups -OCH3 is 1. The first-order valence-electron chi connectivity index (χ1n) is 5.42. The summed E-state index contributed by atoms with van der Waals surface area (Å²) in [6.07, 6.45) is 1.91. The maximum Gasteiger partial charge on any atom is 0.141 e. The maximum atomic E-state index is 13.4. The van der Waals surface area contributed by atoms with Crippen LogP contribution < -0.4 is 4.74 Å². The van der Waals surface area contributed by atoms with Crippen molar-refractivity contribution in [2.75, 3.05) is 13.7 Å². The van der Waals surface area contributed by atoms with E-state index in [0.29, 0.717) is 10.2 Å². The Hall–Kier alpha value is -0.320. The van der Waals surface area contributed by atoms with Crippen molar-refractivity contribution in [1.82, 2.24) is 0 Å². The van der Waals surface area contributed by atoms with Gasteiger partial charge in [0.05, 0.1) is 23.1 Å². The van der Waals surface area contributed by atoms with Crippen LogP contribution in [0.3, 0.4) is 0 Å². The van der Waals surface area contributed by atoms with Gasteiger partial charge in [-0.2, -0.15) is 0 Å². The Labute approximate surface area is 113 Å². The summed E-state index contributed by atoms with van der Waals surface area (Å²) in [6.45, 7) is 0.735. The van der Waals surface area contributed by atoms with Gasteiger partial charge in [0.2, 0.25) is 0 Å². The molecule has 1 aromatic rings. The molecule has 0 amide bonds. The van der Waals surface area contributed by atoms with Gasteiger partial charge in [-0.1, -0.05) is 0 Å². The van der Waals surface area contributed by atoms with Crippen LogP contribution in [-0.4, -0.2) is 19.8 Å². The van der Waals surface area contributed by atoms with Crippen LogP contribution in [0.25, 0.3) is 0 Å². The van der Waals surface area contributed by atoms with E-state index in [2.05, 4.69) is 15.9 Å². The summed E-state index contributed by atoms with van der Waals surface area (Å²) < 4.78 is 24.5. The van der Waals surface area contributed by atoms with Gasteiger partial charge < -0.3 is 9.47 Å². The van der Waals surface area contributed by atoms with Crippen molar-refractivity contribution < 1.29 is 13.9 Å². The topological polar surface area (TPSA) is 18.5 Å². The molecule has 0 radical (unpaired) electrons. The van der Waals surface area contributed by atoms with Gasteiger partial charge in [-0.05, 0) is 34.8 Å². The largest absolute Gasteiger partial charge is 0.496 e. The number of hydrogen-bond donors (Lipinski definition) is 0. The van der Waals surface area contributed by atoms with E-state index < -0.39 is 0 Å². The van der Waals surface area contributed by atoms with Crippen LogP contribution in [0.1, 0.15) is 23.8 Å². The quantitative estimate of drug-likeness (QED) is 0.781. The Morgan fingerprint density at radius 3 is 2.94 bits per heavy atom. The number of hydrogen-bond acceptors (Lipinski definition) is 2. The second kappa shape index (κ2) is 5.55. The highest BCUT2D eigenvalue weighted by Gasteiger charge is 2.28. The first-order chi connectivity index (χ1) is 8.13. The molecule has 0 spiro atoms. The van der Waals surface area contributed by atoms with Crippen molar-refractivity contribution in [1.29, 1.82) is 0 Å². The van der Waals surface area contributed by atoms with Crippen LogP contribution in [0.4, 0.5) is 4.39 Å². The Bertz CT molecular complexity index is 408. The van der Waals surface area contributed by atoms with E-state index in [1.807, 2.05) is 0 Å². The first kappa shape index (κ1) is 13.1. The highest BCUT2D eigenvalue weighted by molar-refractivity contribution is 9.10. The van der Waals surface area contributed by atoms with Gasteiger partial charge in [-0.3, -0.25) is 0 Å². The summed E-state index contributed by atoms with van der Waals surface area (Å²) in [5.41, 5.74) is 0.759. The molecule has 1 heterocycles. The molecule has 1 saturated heterocycles. The van der Waals surface area contributed by atoms with E-state index in [0.717, 1.165) is 25.0 Å². The molecule has 2 nitrogen and oxygen atoms in total. The fraction of sp³-hybridized carbons (Fsp3) is 0.500. The molecular formula is C12H13BrClFO2. The van der Waals surface area contributed by atoms with Gasteiger partial charge in [0, 0.05) is 18.2 Å². The van der Waals surface area contributed by atoms with Crippen LogP contribution >= 0.6 is 27.5 Å². The molecule has 94 valence electrons. The average Bonchev–Trinajstić information content (AvgIpc) is 2.84. The maximum absolute atomic E-state index is 13.4. The zero-order chi connectivity index (χ0) is 12.4. The first-order valence-corrected chi connectivity index (χ1v) is 6.65. The minimum absolute atomic E-state index is 0.0251. The SMILES string of the molecule is COc1cc(F)c(Br)cc1C(Cl)C1CCCO1. The second-order valence-corrected chi connectivity index (χ2v) is 5.29. The molecule has 0 bridgehead atoms. The molecular weight excluding hydrogens is 310 g/mol. The molecule has 1 fully saturated rings. The zero-order valence-electron chi connectivity index (χ0n) is 9.38. The predicted octanol–water partition coefficient (Wildman–Crippen LogP) is 4.06. The molecule has 2 atom stereocenters. The summed E-state index contributed by atoms with van der Waals surface area (Å²) >= 11 is 9.53. The van der Waals surface area contributed by atoms with E-state index in [4.69, 9.17) is 21.1 Å². The van der Waals surface area contributed by atoms with Crippen molar-refractivity contribution in [3.63, 3.8) is 0 Å². The third kappa shape index (κ3) is 2.75. The van der Waals surface area contributed by atoms with Crippen molar-refractivity contribution >= 4 is 27.5 Å². The van der Waals surface area contributed by atoms with Gasteiger partial charge >= 0.3 is 0 Å². The molecule has 2 rings (SSSR count). The highest BCUT2D eigenvalue weighted by atomic mass is 79.9.